The maximum atomic E-state index is 10.6. The van der Waals surface area contributed by atoms with Crippen molar-refractivity contribution >= 4 is 33.7 Å². The third-order valence-corrected chi connectivity index (χ3v) is 3.72. The minimum Gasteiger partial charge on any atom is -0.481 e. The van der Waals surface area contributed by atoms with Gasteiger partial charge in [0.25, 0.3) is 0 Å². The summed E-state index contributed by atoms with van der Waals surface area (Å²) in [5.41, 5.74) is 1.78. The lowest BCUT2D eigenvalue weighted by Crippen LogP contribution is -2.02. The number of carboxylic acids is 1. The molecule has 1 aromatic carbocycles. The second-order valence-electron chi connectivity index (χ2n) is 3.69. The molecule has 0 fully saturated rings. The predicted molar refractivity (Wildman–Crippen MR) is 74.4 cm³/mol. The molecule has 0 saturated heterocycles. The van der Waals surface area contributed by atoms with Crippen LogP contribution in [0.1, 0.15) is 5.69 Å². The van der Waals surface area contributed by atoms with Gasteiger partial charge in [-0.15, -0.1) is 0 Å². The van der Waals surface area contributed by atoms with Crippen molar-refractivity contribution in [1.82, 2.24) is 9.78 Å². The van der Waals surface area contributed by atoms with Crippen LogP contribution in [0.2, 0.25) is 0 Å². The molecule has 18 heavy (non-hydrogen) atoms. The lowest BCUT2D eigenvalue weighted by molar-refractivity contribution is -0.133. The molecule has 0 unspecified atom stereocenters. The van der Waals surface area contributed by atoms with E-state index in [1.165, 1.54) is 11.8 Å². The molecule has 2 aromatic rings. The van der Waals surface area contributed by atoms with E-state index in [2.05, 4.69) is 21.0 Å². The molecule has 94 valence electrons. The molecule has 0 aliphatic rings. The van der Waals surface area contributed by atoms with Crippen LogP contribution in [0.3, 0.4) is 0 Å². The van der Waals surface area contributed by atoms with E-state index in [0.717, 1.165) is 20.9 Å². The number of halogens is 1. The molecule has 6 heteroatoms. The van der Waals surface area contributed by atoms with Gasteiger partial charge in [-0.2, -0.15) is 5.10 Å². The van der Waals surface area contributed by atoms with Crippen LogP contribution >= 0.6 is 27.7 Å². The van der Waals surface area contributed by atoms with Crippen molar-refractivity contribution in [2.24, 2.45) is 0 Å². The standard InChI is InChI=1S/C12H11BrN2O2S/c1-8-6-11(18-7-12(16)17)15(14-8)10-4-2-9(13)3-5-10/h2-6H,7H2,1H3,(H,16,17). The summed E-state index contributed by atoms with van der Waals surface area (Å²) in [4.78, 5) is 10.6. The number of benzene rings is 1. The Kier molecular flexibility index (Phi) is 4.08. The Morgan fingerprint density at radius 3 is 2.72 bits per heavy atom. The number of aryl methyl sites for hydroxylation is 1. The lowest BCUT2D eigenvalue weighted by atomic mass is 10.3. The molecule has 0 radical (unpaired) electrons. The van der Waals surface area contributed by atoms with Crippen LogP contribution in [0.4, 0.5) is 0 Å². The number of hydrogen-bond donors (Lipinski definition) is 1. The average molecular weight is 327 g/mol. The molecule has 1 heterocycles. The smallest absolute Gasteiger partial charge is 0.313 e. The van der Waals surface area contributed by atoms with Crippen LogP contribution in [-0.2, 0) is 4.79 Å². The highest BCUT2D eigenvalue weighted by molar-refractivity contribution is 9.10. The number of carboxylic acid groups (broad SMARTS) is 1. The normalized spacial score (nSPS) is 10.6. The molecule has 0 aliphatic carbocycles. The first-order valence-electron chi connectivity index (χ1n) is 5.23. The van der Waals surface area contributed by atoms with Gasteiger partial charge in [-0.1, -0.05) is 27.7 Å². The van der Waals surface area contributed by atoms with Gasteiger partial charge < -0.3 is 5.11 Å². The van der Waals surface area contributed by atoms with E-state index in [9.17, 15) is 4.79 Å². The summed E-state index contributed by atoms with van der Waals surface area (Å²) in [6, 6.07) is 9.61. The van der Waals surface area contributed by atoms with Crippen LogP contribution in [0.25, 0.3) is 5.69 Å². The summed E-state index contributed by atoms with van der Waals surface area (Å²) in [6.45, 7) is 1.89. The lowest BCUT2D eigenvalue weighted by Gasteiger charge is -2.06. The Morgan fingerprint density at radius 2 is 2.11 bits per heavy atom. The van der Waals surface area contributed by atoms with E-state index >= 15 is 0 Å². The minimum atomic E-state index is -0.832. The summed E-state index contributed by atoms with van der Waals surface area (Å²) in [5.74, 6) is -0.803. The van der Waals surface area contributed by atoms with Gasteiger partial charge in [0.05, 0.1) is 17.1 Å². The maximum Gasteiger partial charge on any atom is 0.313 e. The molecule has 0 saturated carbocycles. The number of aliphatic carboxylic acids is 1. The molecule has 4 nitrogen and oxygen atoms in total. The highest BCUT2D eigenvalue weighted by Crippen LogP contribution is 2.23. The van der Waals surface area contributed by atoms with Crippen molar-refractivity contribution in [2.75, 3.05) is 5.75 Å². The van der Waals surface area contributed by atoms with Gasteiger partial charge in [0.1, 0.15) is 5.03 Å². The number of aromatic nitrogens is 2. The van der Waals surface area contributed by atoms with Crippen molar-refractivity contribution in [2.45, 2.75) is 11.9 Å². The summed E-state index contributed by atoms with van der Waals surface area (Å²) in [5, 5.41) is 13.9. The van der Waals surface area contributed by atoms with Crippen LogP contribution in [0.15, 0.2) is 39.8 Å². The fourth-order valence-corrected chi connectivity index (χ4v) is 2.54. The molecule has 1 N–H and O–H groups in total. The summed E-state index contributed by atoms with van der Waals surface area (Å²) >= 11 is 4.64. The highest BCUT2D eigenvalue weighted by atomic mass is 79.9. The number of nitrogens with zero attached hydrogens (tertiary/aromatic N) is 2. The molecule has 0 bridgehead atoms. The molecule has 2 rings (SSSR count). The molecule has 0 atom stereocenters. The fourth-order valence-electron chi connectivity index (χ4n) is 1.48. The van der Waals surface area contributed by atoms with E-state index in [1.807, 2.05) is 37.3 Å². The Labute approximate surface area is 117 Å². The zero-order valence-corrected chi connectivity index (χ0v) is 12.0. The van der Waals surface area contributed by atoms with Crippen LogP contribution < -0.4 is 0 Å². The summed E-state index contributed by atoms with van der Waals surface area (Å²) in [6.07, 6.45) is 0. The first-order valence-corrected chi connectivity index (χ1v) is 7.01. The van der Waals surface area contributed by atoms with E-state index in [0.29, 0.717) is 0 Å². The van der Waals surface area contributed by atoms with Crippen molar-refractivity contribution in [3.8, 4) is 5.69 Å². The third kappa shape index (κ3) is 3.14. The third-order valence-electron chi connectivity index (χ3n) is 2.21. The maximum absolute atomic E-state index is 10.6. The zero-order valence-electron chi connectivity index (χ0n) is 9.63. The summed E-state index contributed by atoms with van der Waals surface area (Å²) < 4.78 is 2.75. The Balaban J connectivity index is 2.31. The Bertz CT molecular complexity index is 566. The second-order valence-corrected chi connectivity index (χ2v) is 5.61. The Morgan fingerprint density at radius 1 is 1.44 bits per heavy atom. The van der Waals surface area contributed by atoms with Gasteiger partial charge in [-0.05, 0) is 37.3 Å². The van der Waals surface area contributed by atoms with Gasteiger partial charge in [0, 0.05) is 4.47 Å². The van der Waals surface area contributed by atoms with Crippen molar-refractivity contribution in [1.29, 1.82) is 0 Å². The monoisotopic (exact) mass is 326 g/mol. The molecular formula is C12H11BrN2O2S. The van der Waals surface area contributed by atoms with Crippen molar-refractivity contribution in [3.63, 3.8) is 0 Å². The summed E-state index contributed by atoms with van der Waals surface area (Å²) in [7, 11) is 0. The van der Waals surface area contributed by atoms with Crippen molar-refractivity contribution in [3.05, 3.63) is 40.5 Å². The van der Waals surface area contributed by atoms with Gasteiger partial charge in [0.15, 0.2) is 0 Å². The predicted octanol–water partition coefficient (Wildman–Crippen LogP) is 3.12. The molecule has 1 aromatic heterocycles. The van der Waals surface area contributed by atoms with Crippen molar-refractivity contribution < 1.29 is 9.90 Å². The number of hydrogen-bond acceptors (Lipinski definition) is 3. The molecular weight excluding hydrogens is 316 g/mol. The topological polar surface area (TPSA) is 55.1 Å². The minimum absolute atomic E-state index is 0.0294. The van der Waals surface area contributed by atoms with Crippen LogP contribution in [-0.4, -0.2) is 26.6 Å². The largest absolute Gasteiger partial charge is 0.481 e. The number of rotatable bonds is 4. The SMILES string of the molecule is Cc1cc(SCC(=O)O)n(-c2ccc(Br)cc2)n1. The van der Waals surface area contributed by atoms with Gasteiger partial charge >= 0.3 is 5.97 Å². The second kappa shape index (κ2) is 5.58. The average Bonchev–Trinajstić information content (AvgIpc) is 2.69. The molecule has 0 spiro atoms. The van der Waals surface area contributed by atoms with E-state index in [1.54, 1.807) is 4.68 Å². The first-order chi connectivity index (χ1) is 8.56. The quantitative estimate of drug-likeness (QED) is 0.877. The van der Waals surface area contributed by atoms with E-state index < -0.39 is 5.97 Å². The van der Waals surface area contributed by atoms with E-state index in [-0.39, 0.29) is 5.75 Å². The number of carbonyl (C=O) groups is 1. The molecule has 0 aliphatic heterocycles. The van der Waals surface area contributed by atoms with Crippen LogP contribution in [0, 0.1) is 6.92 Å². The van der Waals surface area contributed by atoms with Gasteiger partial charge in [-0.25, -0.2) is 4.68 Å². The first kappa shape index (κ1) is 13.2. The highest BCUT2D eigenvalue weighted by Gasteiger charge is 2.09. The Hall–Kier alpha value is -1.27. The molecule has 0 amide bonds. The fraction of sp³-hybridized carbons (Fsp3) is 0.167. The van der Waals surface area contributed by atoms with Crippen LogP contribution in [0.5, 0.6) is 0 Å². The van der Waals surface area contributed by atoms with E-state index in [4.69, 9.17) is 5.11 Å². The van der Waals surface area contributed by atoms with Gasteiger partial charge in [-0.3, -0.25) is 4.79 Å². The van der Waals surface area contributed by atoms with Gasteiger partial charge in [0.2, 0.25) is 0 Å². The zero-order chi connectivity index (χ0) is 13.1. The number of thioether (sulfide) groups is 1.